The van der Waals surface area contributed by atoms with E-state index < -0.39 is 0 Å². The molecule has 0 N–H and O–H groups in total. The van der Waals surface area contributed by atoms with E-state index in [1.54, 1.807) is 6.08 Å². The van der Waals surface area contributed by atoms with Gasteiger partial charge in [-0.15, -0.1) is 0 Å². The fourth-order valence-electron chi connectivity index (χ4n) is 1.62. The fourth-order valence-corrected chi connectivity index (χ4v) is 1.62. The second-order valence-corrected chi connectivity index (χ2v) is 4.41. The molecular weight excluding hydrogens is 210 g/mol. The topological polar surface area (TPSA) is 20.3 Å². The SMILES string of the molecule is CCc1ccccc1/C=C/C(=O)CCN(C)C. The van der Waals surface area contributed by atoms with Gasteiger partial charge in [0.25, 0.3) is 0 Å². The first-order valence-electron chi connectivity index (χ1n) is 6.07. The van der Waals surface area contributed by atoms with E-state index >= 15 is 0 Å². The predicted molar refractivity (Wildman–Crippen MR) is 73.0 cm³/mol. The van der Waals surface area contributed by atoms with Crippen molar-refractivity contribution in [1.29, 1.82) is 0 Å². The molecule has 0 aliphatic heterocycles. The maximum Gasteiger partial charge on any atom is 0.156 e. The van der Waals surface area contributed by atoms with Crippen LogP contribution in [0.25, 0.3) is 6.08 Å². The molecule has 1 aromatic carbocycles. The Kier molecular flexibility index (Phi) is 5.64. The number of hydrogen-bond acceptors (Lipinski definition) is 2. The summed E-state index contributed by atoms with van der Waals surface area (Å²) in [5, 5.41) is 0. The molecule has 0 radical (unpaired) electrons. The second kappa shape index (κ2) is 7.02. The lowest BCUT2D eigenvalue weighted by Gasteiger charge is -2.06. The average Bonchev–Trinajstić information content (AvgIpc) is 2.34. The number of ketones is 1. The first-order chi connectivity index (χ1) is 8.13. The van der Waals surface area contributed by atoms with Crippen molar-refractivity contribution < 1.29 is 4.79 Å². The van der Waals surface area contributed by atoms with Crippen molar-refractivity contribution in [1.82, 2.24) is 4.90 Å². The van der Waals surface area contributed by atoms with Gasteiger partial charge in [-0.25, -0.2) is 0 Å². The van der Waals surface area contributed by atoms with E-state index in [1.165, 1.54) is 5.56 Å². The van der Waals surface area contributed by atoms with E-state index in [0.29, 0.717) is 6.42 Å². The Balaban J connectivity index is 2.60. The molecule has 0 bridgehead atoms. The van der Waals surface area contributed by atoms with Crippen LogP contribution in [0.3, 0.4) is 0 Å². The van der Waals surface area contributed by atoms with Crippen LogP contribution in [0.4, 0.5) is 0 Å². The molecule has 0 spiro atoms. The molecule has 0 aromatic heterocycles. The standard InChI is InChI=1S/C15H21NO/c1-4-13-7-5-6-8-14(13)9-10-15(17)11-12-16(2)3/h5-10H,4,11-12H2,1-3H3/b10-9+. The highest BCUT2D eigenvalue weighted by atomic mass is 16.1. The number of carbonyl (C=O) groups is 1. The van der Waals surface area contributed by atoms with Crippen molar-refractivity contribution in [2.75, 3.05) is 20.6 Å². The zero-order chi connectivity index (χ0) is 12.7. The Morgan fingerprint density at radius 2 is 2.00 bits per heavy atom. The molecule has 0 saturated carbocycles. The smallest absolute Gasteiger partial charge is 0.156 e. The summed E-state index contributed by atoms with van der Waals surface area (Å²) in [5.74, 6) is 0.185. The lowest BCUT2D eigenvalue weighted by atomic mass is 10.0. The Hall–Kier alpha value is -1.41. The molecule has 0 atom stereocenters. The molecule has 0 saturated heterocycles. The molecule has 0 unspecified atom stereocenters. The largest absolute Gasteiger partial charge is 0.309 e. The summed E-state index contributed by atoms with van der Waals surface area (Å²) < 4.78 is 0. The van der Waals surface area contributed by atoms with E-state index in [2.05, 4.69) is 19.1 Å². The van der Waals surface area contributed by atoms with Crippen LogP contribution >= 0.6 is 0 Å². The summed E-state index contributed by atoms with van der Waals surface area (Å²) in [7, 11) is 3.95. The minimum atomic E-state index is 0.185. The highest BCUT2D eigenvalue weighted by molar-refractivity contribution is 5.93. The van der Waals surface area contributed by atoms with Crippen LogP contribution in [-0.4, -0.2) is 31.3 Å². The normalized spacial score (nSPS) is 11.3. The zero-order valence-corrected chi connectivity index (χ0v) is 10.9. The van der Waals surface area contributed by atoms with Crippen LogP contribution in [0.1, 0.15) is 24.5 Å². The van der Waals surface area contributed by atoms with Crippen LogP contribution in [0, 0.1) is 0 Å². The van der Waals surface area contributed by atoms with Crippen LogP contribution in [0.5, 0.6) is 0 Å². The van der Waals surface area contributed by atoms with Crippen molar-refractivity contribution in [2.24, 2.45) is 0 Å². The van der Waals surface area contributed by atoms with Gasteiger partial charge in [-0.05, 0) is 37.7 Å². The first kappa shape index (κ1) is 13.7. The zero-order valence-electron chi connectivity index (χ0n) is 10.9. The van der Waals surface area contributed by atoms with Crippen LogP contribution in [0.2, 0.25) is 0 Å². The minimum absolute atomic E-state index is 0.185. The van der Waals surface area contributed by atoms with Crippen LogP contribution < -0.4 is 0 Å². The van der Waals surface area contributed by atoms with E-state index in [1.807, 2.05) is 37.2 Å². The predicted octanol–water partition coefficient (Wildman–Crippen LogP) is 2.78. The van der Waals surface area contributed by atoms with E-state index in [-0.39, 0.29) is 5.78 Å². The minimum Gasteiger partial charge on any atom is -0.309 e. The van der Waals surface area contributed by atoms with Crippen LogP contribution in [0.15, 0.2) is 30.3 Å². The van der Waals surface area contributed by atoms with Crippen molar-refractivity contribution in [2.45, 2.75) is 19.8 Å². The van der Waals surface area contributed by atoms with Gasteiger partial charge < -0.3 is 4.90 Å². The number of allylic oxidation sites excluding steroid dienone is 1. The van der Waals surface area contributed by atoms with Gasteiger partial charge in [0.2, 0.25) is 0 Å². The summed E-state index contributed by atoms with van der Waals surface area (Å²) in [6.45, 7) is 2.93. The summed E-state index contributed by atoms with van der Waals surface area (Å²) in [4.78, 5) is 13.6. The summed E-state index contributed by atoms with van der Waals surface area (Å²) >= 11 is 0. The van der Waals surface area contributed by atoms with E-state index in [9.17, 15) is 4.79 Å². The number of hydrogen-bond donors (Lipinski definition) is 0. The Morgan fingerprint density at radius 1 is 1.29 bits per heavy atom. The third-order valence-electron chi connectivity index (χ3n) is 2.69. The molecule has 0 fully saturated rings. The van der Waals surface area contributed by atoms with Crippen LogP contribution in [-0.2, 0) is 11.2 Å². The number of aryl methyl sites for hydroxylation is 1. The fraction of sp³-hybridized carbons (Fsp3) is 0.400. The van der Waals surface area contributed by atoms with E-state index in [0.717, 1.165) is 18.5 Å². The van der Waals surface area contributed by atoms with E-state index in [4.69, 9.17) is 0 Å². The number of rotatable bonds is 6. The summed E-state index contributed by atoms with van der Waals surface area (Å²) in [5.41, 5.74) is 2.43. The quantitative estimate of drug-likeness (QED) is 0.702. The van der Waals surface area contributed by atoms with Gasteiger partial charge >= 0.3 is 0 Å². The number of benzene rings is 1. The molecule has 92 valence electrons. The summed E-state index contributed by atoms with van der Waals surface area (Å²) in [6.07, 6.45) is 5.19. The molecule has 0 amide bonds. The molecule has 0 aliphatic carbocycles. The third kappa shape index (κ3) is 4.96. The lowest BCUT2D eigenvalue weighted by molar-refractivity contribution is -0.114. The monoisotopic (exact) mass is 231 g/mol. The summed E-state index contributed by atoms with van der Waals surface area (Å²) in [6, 6.07) is 8.19. The first-order valence-corrected chi connectivity index (χ1v) is 6.07. The van der Waals surface area contributed by atoms with Gasteiger partial charge in [0.15, 0.2) is 5.78 Å². The Morgan fingerprint density at radius 3 is 2.65 bits per heavy atom. The number of carbonyl (C=O) groups excluding carboxylic acids is 1. The maximum absolute atomic E-state index is 11.6. The van der Waals surface area contributed by atoms with Gasteiger partial charge in [-0.2, -0.15) is 0 Å². The van der Waals surface area contributed by atoms with Gasteiger partial charge in [0.1, 0.15) is 0 Å². The Bertz CT molecular complexity index is 394. The van der Waals surface area contributed by atoms with Gasteiger partial charge in [-0.3, -0.25) is 4.79 Å². The van der Waals surface area contributed by atoms with Crippen molar-refractivity contribution >= 4 is 11.9 Å². The highest BCUT2D eigenvalue weighted by Gasteiger charge is 1.99. The highest BCUT2D eigenvalue weighted by Crippen LogP contribution is 2.11. The van der Waals surface area contributed by atoms with Gasteiger partial charge in [0, 0.05) is 13.0 Å². The van der Waals surface area contributed by atoms with Crippen molar-refractivity contribution in [3.63, 3.8) is 0 Å². The molecule has 0 heterocycles. The molecule has 17 heavy (non-hydrogen) atoms. The lowest BCUT2D eigenvalue weighted by Crippen LogP contribution is -2.15. The molecule has 2 nitrogen and oxygen atoms in total. The number of nitrogens with zero attached hydrogens (tertiary/aromatic N) is 1. The Labute approximate surface area is 104 Å². The molecule has 2 heteroatoms. The van der Waals surface area contributed by atoms with Gasteiger partial charge in [-0.1, -0.05) is 37.3 Å². The van der Waals surface area contributed by atoms with Crippen molar-refractivity contribution in [3.8, 4) is 0 Å². The molecular formula is C15H21NO. The molecule has 1 rings (SSSR count). The molecule has 0 aliphatic rings. The second-order valence-electron chi connectivity index (χ2n) is 4.41. The third-order valence-corrected chi connectivity index (χ3v) is 2.69. The molecule has 1 aromatic rings. The van der Waals surface area contributed by atoms with Gasteiger partial charge in [0.05, 0.1) is 0 Å². The maximum atomic E-state index is 11.6. The average molecular weight is 231 g/mol. The van der Waals surface area contributed by atoms with Crippen molar-refractivity contribution in [3.05, 3.63) is 41.5 Å².